The maximum Gasteiger partial charge on any atom is 0.139 e. The molecule has 0 bridgehead atoms. The van der Waals surface area contributed by atoms with Crippen LogP contribution in [0.5, 0.6) is 0 Å². The normalized spacial score (nSPS) is 54.6. The lowest BCUT2D eigenvalue weighted by Crippen LogP contribution is -2.54. The Balaban J connectivity index is 1.66. The first-order chi connectivity index (χ1) is 10.4. The fourth-order valence-corrected chi connectivity index (χ4v) is 7.18. The van der Waals surface area contributed by atoms with Gasteiger partial charge < -0.3 is 0 Å². The van der Waals surface area contributed by atoms with Crippen molar-refractivity contribution in [2.24, 2.45) is 40.4 Å². The van der Waals surface area contributed by atoms with Crippen molar-refractivity contribution in [1.82, 2.24) is 0 Å². The van der Waals surface area contributed by atoms with E-state index in [4.69, 9.17) is 0 Å². The molecule has 4 fully saturated rings. The number of fused-ring (bicyclic) bond motifs is 5. The number of Topliss-reactive ketones (excluding diaryl/α,β-unsaturated/α-hetero) is 2. The van der Waals surface area contributed by atoms with E-state index in [9.17, 15) is 9.59 Å². The summed E-state index contributed by atoms with van der Waals surface area (Å²) in [6.07, 6.45) is 8.67. The molecule has 0 N–H and O–H groups in total. The van der Waals surface area contributed by atoms with Gasteiger partial charge in [-0.05, 0) is 67.6 Å². The molecule has 0 radical (unpaired) electrons. The van der Waals surface area contributed by atoms with Gasteiger partial charge in [0.25, 0.3) is 0 Å². The summed E-state index contributed by atoms with van der Waals surface area (Å²) < 4.78 is 0. The van der Waals surface area contributed by atoms with Crippen LogP contribution >= 0.6 is 0 Å². The van der Waals surface area contributed by atoms with Crippen LogP contribution in [-0.4, -0.2) is 11.6 Å². The number of hydrogen-bond donors (Lipinski definition) is 0. The highest BCUT2D eigenvalue weighted by Gasteiger charge is 2.60. The molecule has 7 atom stereocenters. The van der Waals surface area contributed by atoms with Gasteiger partial charge in [-0.15, -0.1) is 0 Å². The van der Waals surface area contributed by atoms with Crippen molar-refractivity contribution < 1.29 is 9.59 Å². The zero-order valence-electron chi connectivity index (χ0n) is 14.4. The molecule has 0 aromatic carbocycles. The smallest absolute Gasteiger partial charge is 0.139 e. The Labute approximate surface area is 134 Å². The monoisotopic (exact) mass is 302 g/mol. The molecule has 0 spiro atoms. The van der Waals surface area contributed by atoms with Gasteiger partial charge in [0, 0.05) is 24.2 Å². The molecular weight excluding hydrogens is 272 g/mol. The highest BCUT2D eigenvalue weighted by molar-refractivity contribution is 5.87. The van der Waals surface area contributed by atoms with Crippen LogP contribution in [0, 0.1) is 40.4 Å². The van der Waals surface area contributed by atoms with Gasteiger partial charge in [0.2, 0.25) is 0 Å². The van der Waals surface area contributed by atoms with E-state index >= 15 is 0 Å². The Hall–Kier alpha value is -0.660. The second kappa shape index (κ2) is 4.68. The maximum atomic E-state index is 12.4. The Morgan fingerprint density at radius 2 is 1.77 bits per heavy atom. The van der Waals surface area contributed by atoms with Gasteiger partial charge >= 0.3 is 0 Å². The minimum atomic E-state index is -0.0134. The van der Waals surface area contributed by atoms with Crippen molar-refractivity contribution in [3.8, 4) is 0 Å². The van der Waals surface area contributed by atoms with Gasteiger partial charge in [-0.1, -0.05) is 20.8 Å². The first-order valence-electron chi connectivity index (χ1n) is 9.42. The molecule has 2 nitrogen and oxygen atoms in total. The van der Waals surface area contributed by atoms with E-state index in [2.05, 4.69) is 20.8 Å². The number of carbonyl (C=O) groups excluding carboxylic acids is 2. The topological polar surface area (TPSA) is 34.1 Å². The molecular formula is C20H30O2. The molecule has 0 aromatic rings. The molecule has 7 unspecified atom stereocenters. The van der Waals surface area contributed by atoms with Crippen molar-refractivity contribution in [1.29, 1.82) is 0 Å². The van der Waals surface area contributed by atoms with Crippen LogP contribution in [-0.2, 0) is 9.59 Å². The van der Waals surface area contributed by atoms with E-state index in [0.29, 0.717) is 28.8 Å². The third-order valence-electron chi connectivity index (χ3n) is 8.52. The second-order valence-electron chi connectivity index (χ2n) is 9.35. The molecule has 4 saturated carbocycles. The summed E-state index contributed by atoms with van der Waals surface area (Å²) in [7, 11) is 0. The van der Waals surface area contributed by atoms with E-state index in [-0.39, 0.29) is 11.3 Å². The highest BCUT2D eigenvalue weighted by Crippen LogP contribution is 2.65. The minimum Gasteiger partial charge on any atom is -0.299 e. The fourth-order valence-electron chi connectivity index (χ4n) is 7.18. The van der Waals surface area contributed by atoms with Crippen LogP contribution in [0.25, 0.3) is 0 Å². The summed E-state index contributed by atoms with van der Waals surface area (Å²) in [5.74, 6) is 4.02. The highest BCUT2D eigenvalue weighted by atomic mass is 16.1. The molecule has 0 amide bonds. The maximum absolute atomic E-state index is 12.4. The van der Waals surface area contributed by atoms with Crippen molar-refractivity contribution in [3.05, 3.63) is 0 Å². The van der Waals surface area contributed by atoms with Crippen molar-refractivity contribution in [3.63, 3.8) is 0 Å². The predicted molar refractivity (Wildman–Crippen MR) is 86.3 cm³/mol. The Morgan fingerprint density at radius 1 is 1.00 bits per heavy atom. The second-order valence-corrected chi connectivity index (χ2v) is 9.35. The van der Waals surface area contributed by atoms with E-state index < -0.39 is 0 Å². The van der Waals surface area contributed by atoms with Crippen LogP contribution in [0.1, 0.15) is 72.1 Å². The number of carbonyl (C=O) groups is 2. The van der Waals surface area contributed by atoms with E-state index in [1.165, 1.54) is 19.3 Å². The van der Waals surface area contributed by atoms with Gasteiger partial charge in [0.1, 0.15) is 11.6 Å². The fraction of sp³-hybridized carbons (Fsp3) is 0.900. The molecule has 0 saturated heterocycles. The largest absolute Gasteiger partial charge is 0.299 e. The zero-order valence-corrected chi connectivity index (χ0v) is 14.4. The molecule has 0 aliphatic heterocycles. The predicted octanol–water partition coefficient (Wildman–Crippen LogP) is 4.41. The molecule has 4 aliphatic carbocycles. The van der Waals surface area contributed by atoms with Gasteiger partial charge in [-0.25, -0.2) is 0 Å². The number of hydrogen-bond acceptors (Lipinski definition) is 2. The lowest BCUT2D eigenvalue weighted by Gasteiger charge is -2.60. The van der Waals surface area contributed by atoms with Crippen LogP contribution in [0.4, 0.5) is 0 Å². The molecule has 0 aromatic heterocycles. The van der Waals surface area contributed by atoms with Gasteiger partial charge in [-0.2, -0.15) is 0 Å². The lowest BCUT2D eigenvalue weighted by molar-refractivity contribution is -0.149. The van der Waals surface area contributed by atoms with Gasteiger partial charge in [-0.3, -0.25) is 9.59 Å². The van der Waals surface area contributed by atoms with Crippen LogP contribution in [0.15, 0.2) is 0 Å². The molecule has 4 rings (SSSR count). The first-order valence-corrected chi connectivity index (χ1v) is 9.42. The third kappa shape index (κ3) is 1.79. The van der Waals surface area contributed by atoms with E-state index in [1.807, 2.05) is 0 Å². The average Bonchev–Trinajstić information content (AvgIpc) is 2.77. The van der Waals surface area contributed by atoms with E-state index in [1.54, 1.807) is 0 Å². The number of ketones is 2. The van der Waals surface area contributed by atoms with E-state index in [0.717, 1.165) is 43.9 Å². The summed E-state index contributed by atoms with van der Waals surface area (Å²) in [5.41, 5.74) is 0.337. The first kappa shape index (κ1) is 14.9. The van der Waals surface area contributed by atoms with Gasteiger partial charge in [0.05, 0.1) is 0 Å². The summed E-state index contributed by atoms with van der Waals surface area (Å²) >= 11 is 0. The molecule has 4 aliphatic rings. The van der Waals surface area contributed by atoms with Crippen molar-refractivity contribution in [2.75, 3.05) is 0 Å². The van der Waals surface area contributed by atoms with Crippen LogP contribution in [0.3, 0.4) is 0 Å². The van der Waals surface area contributed by atoms with Gasteiger partial charge in [0.15, 0.2) is 0 Å². The lowest BCUT2D eigenvalue weighted by atomic mass is 9.44. The Bertz CT molecular complexity index is 524. The molecule has 122 valence electrons. The molecule has 22 heavy (non-hydrogen) atoms. The summed E-state index contributed by atoms with van der Waals surface area (Å²) in [6.45, 7) is 6.88. The zero-order chi connectivity index (χ0) is 15.7. The van der Waals surface area contributed by atoms with Crippen molar-refractivity contribution in [2.45, 2.75) is 72.1 Å². The summed E-state index contributed by atoms with van der Waals surface area (Å²) in [6, 6.07) is 0. The van der Waals surface area contributed by atoms with Crippen LogP contribution < -0.4 is 0 Å². The summed E-state index contributed by atoms with van der Waals surface area (Å²) in [5, 5.41) is 0. The minimum absolute atomic E-state index is 0.0134. The Kier molecular flexibility index (Phi) is 3.17. The quantitative estimate of drug-likeness (QED) is 0.664. The summed E-state index contributed by atoms with van der Waals surface area (Å²) in [4.78, 5) is 24.6. The Morgan fingerprint density at radius 3 is 2.55 bits per heavy atom. The molecule has 0 heterocycles. The van der Waals surface area contributed by atoms with Crippen LogP contribution in [0.2, 0.25) is 0 Å². The third-order valence-corrected chi connectivity index (χ3v) is 8.52. The van der Waals surface area contributed by atoms with Crippen molar-refractivity contribution >= 4 is 11.6 Å². The number of rotatable bonds is 0. The average molecular weight is 302 g/mol. The standard InChI is InChI=1S/C20H30O2/c1-12-11-20(3)13(10-17(12)21)4-5-14-15-6-7-18(22)19(15,2)9-8-16(14)20/h12-16H,4-11H2,1-3H3. The molecule has 2 heteroatoms. The SMILES string of the molecule is CC1CC2(C)C(CCC3C4CCC(=O)C4(C)CCC32)CC1=O.